The van der Waals surface area contributed by atoms with Crippen molar-refractivity contribution in [3.63, 3.8) is 0 Å². The van der Waals surface area contributed by atoms with Gasteiger partial charge in [-0.1, -0.05) is 32.4 Å². The maximum atomic E-state index is 12.5. The third kappa shape index (κ3) is 5.50. The Labute approximate surface area is 146 Å². The zero-order valence-electron chi connectivity index (χ0n) is 16.1. The molecule has 1 fully saturated rings. The fourth-order valence-electron chi connectivity index (χ4n) is 3.13. The van der Waals surface area contributed by atoms with Crippen molar-refractivity contribution < 1.29 is 14.7 Å². The molecule has 0 radical (unpaired) electrons. The quantitative estimate of drug-likeness (QED) is 0.309. The van der Waals surface area contributed by atoms with Crippen LogP contribution in [0.3, 0.4) is 0 Å². The van der Waals surface area contributed by atoms with Crippen molar-refractivity contribution in [3.8, 4) is 0 Å². The van der Waals surface area contributed by atoms with E-state index in [4.69, 9.17) is 0 Å². The number of hydrogen-bond donors (Lipinski definition) is 1. The van der Waals surface area contributed by atoms with E-state index in [1.54, 1.807) is 4.90 Å². The third-order valence-electron chi connectivity index (χ3n) is 4.53. The first-order chi connectivity index (χ1) is 11.1. The normalized spacial score (nSPS) is 21.5. The lowest BCUT2D eigenvalue weighted by atomic mass is 9.98. The molecule has 0 aromatic rings. The van der Waals surface area contributed by atoms with Crippen molar-refractivity contribution in [2.24, 2.45) is 11.8 Å². The molecule has 1 aliphatic rings. The molecule has 0 spiro atoms. The van der Waals surface area contributed by atoms with Crippen LogP contribution in [-0.2, 0) is 9.59 Å². The first-order valence-electron chi connectivity index (χ1n) is 9.03. The Bertz CT molecular complexity index is 523. The molecule has 2 atom stereocenters. The van der Waals surface area contributed by atoms with Crippen molar-refractivity contribution in [2.75, 3.05) is 6.54 Å². The molecule has 1 aliphatic heterocycles. The minimum absolute atomic E-state index is 0.0159. The summed E-state index contributed by atoms with van der Waals surface area (Å²) in [5.41, 5.74) is 1.31. The molecule has 4 nitrogen and oxygen atoms in total. The maximum absolute atomic E-state index is 12.5. The summed E-state index contributed by atoms with van der Waals surface area (Å²) >= 11 is 0. The number of Topliss-reactive ketones (excluding diaryl/α,β-unsaturated/α-hetero) is 1. The number of aliphatic hydroxyl groups excluding tert-OH is 1. The predicted molar refractivity (Wildman–Crippen MR) is 97.7 cm³/mol. The van der Waals surface area contributed by atoms with Gasteiger partial charge in [0, 0.05) is 6.54 Å². The Morgan fingerprint density at radius 2 is 1.79 bits per heavy atom. The molecule has 1 rings (SSSR count). The largest absolute Gasteiger partial charge is 0.512 e. The summed E-state index contributed by atoms with van der Waals surface area (Å²) < 4.78 is 0. The van der Waals surface area contributed by atoms with E-state index in [2.05, 4.69) is 26.8 Å². The highest BCUT2D eigenvalue weighted by molar-refractivity contribution is 6.26. The van der Waals surface area contributed by atoms with Gasteiger partial charge in [-0.3, -0.25) is 9.59 Å². The average molecular weight is 335 g/mol. The number of likely N-dealkylation sites (tertiary alicyclic amines) is 1. The van der Waals surface area contributed by atoms with Crippen molar-refractivity contribution in [1.29, 1.82) is 0 Å². The Morgan fingerprint density at radius 1 is 1.17 bits per heavy atom. The number of hydrogen-bond acceptors (Lipinski definition) is 3. The highest BCUT2D eigenvalue weighted by Gasteiger charge is 2.44. The van der Waals surface area contributed by atoms with Gasteiger partial charge < -0.3 is 10.0 Å². The molecule has 0 saturated carbocycles. The first kappa shape index (κ1) is 20.5. The second kappa shape index (κ2) is 9.05. The summed E-state index contributed by atoms with van der Waals surface area (Å²) in [5.74, 6) is 0.139. The second-order valence-electron chi connectivity index (χ2n) is 7.72. The molecule has 24 heavy (non-hydrogen) atoms. The van der Waals surface area contributed by atoms with Gasteiger partial charge in [-0.25, -0.2) is 0 Å². The number of ketones is 1. The molecule has 0 aliphatic carbocycles. The Balaban J connectivity index is 2.75. The molecule has 0 bridgehead atoms. The van der Waals surface area contributed by atoms with Gasteiger partial charge in [0.05, 0.1) is 6.04 Å². The molecule has 0 aromatic heterocycles. The summed E-state index contributed by atoms with van der Waals surface area (Å²) in [6.07, 6.45) is 5.89. The number of amides is 1. The standard InChI is InChI=1S/C20H33NO3/c1-13(2)8-7-9-15(5)10-11-21-17(12-14(3)4)19(23)18(16(6)22)20(21)24/h8,14-15,17,22H,7,9-12H2,1-6H3/t15?,17-/m0/s1. The minimum atomic E-state index is -0.417. The van der Waals surface area contributed by atoms with E-state index in [1.165, 1.54) is 12.5 Å². The van der Waals surface area contributed by atoms with Crippen LogP contribution in [-0.4, -0.2) is 34.3 Å². The second-order valence-corrected chi connectivity index (χ2v) is 7.72. The summed E-state index contributed by atoms with van der Waals surface area (Å²) in [6, 6.07) is -0.417. The maximum Gasteiger partial charge on any atom is 0.261 e. The summed E-state index contributed by atoms with van der Waals surface area (Å²) in [5, 5.41) is 9.71. The third-order valence-corrected chi connectivity index (χ3v) is 4.53. The van der Waals surface area contributed by atoms with Crippen LogP contribution in [0, 0.1) is 11.8 Å². The van der Waals surface area contributed by atoms with Crippen LogP contribution in [0.25, 0.3) is 0 Å². The van der Waals surface area contributed by atoms with E-state index in [0.717, 1.165) is 19.3 Å². The van der Waals surface area contributed by atoms with Crippen molar-refractivity contribution in [1.82, 2.24) is 4.90 Å². The smallest absolute Gasteiger partial charge is 0.261 e. The number of carbonyl (C=O) groups is 2. The molecule has 1 amide bonds. The number of carbonyl (C=O) groups excluding carboxylic acids is 2. The topological polar surface area (TPSA) is 57.6 Å². The van der Waals surface area contributed by atoms with Gasteiger partial charge in [0.2, 0.25) is 0 Å². The van der Waals surface area contributed by atoms with E-state index < -0.39 is 6.04 Å². The number of aliphatic hydroxyl groups is 1. The van der Waals surface area contributed by atoms with E-state index in [9.17, 15) is 14.7 Å². The van der Waals surface area contributed by atoms with Crippen LogP contribution < -0.4 is 0 Å². The number of allylic oxidation sites excluding steroid dienone is 3. The van der Waals surface area contributed by atoms with Gasteiger partial charge in [0.25, 0.3) is 5.91 Å². The molecular formula is C20H33NO3. The van der Waals surface area contributed by atoms with Crippen LogP contribution in [0.2, 0.25) is 0 Å². The van der Waals surface area contributed by atoms with Gasteiger partial charge in [-0.05, 0) is 58.3 Å². The molecule has 1 heterocycles. The van der Waals surface area contributed by atoms with Gasteiger partial charge >= 0.3 is 0 Å². The van der Waals surface area contributed by atoms with Gasteiger partial charge in [0.1, 0.15) is 11.3 Å². The van der Waals surface area contributed by atoms with E-state index in [-0.39, 0.29) is 23.0 Å². The highest BCUT2D eigenvalue weighted by Crippen LogP contribution is 2.28. The van der Waals surface area contributed by atoms with E-state index in [0.29, 0.717) is 24.8 Å². The zero-order chi connectivity index (χ0) is 18.4. The lowest BCUT2D eigenvalue weighted by Crippen LogP contribution is -2.37. The molecule has 0 aromatic carbocycles. The molecule has 1 unspecified atom stereocenters. The summed E-state index contributed by atoms with van der Waals surface area (Å²) in [6.45, 7) is 12.5. The van der Waals surface area contributed by atoms with Crippen molar-refractivity contribution in [3.05, 3.63) is 23.0 Å². The first-order valence-corrected chi connectivity index (χ1v) is 9.03. The number of rotatable bonds is 8. The van der Waals surface area contributed by atoms with E-state index in [1.807, 2.05) is 13.8 Å². The highest BCUT2D eigenvalue weighted by atomic mass is 16.3. The summed E-state index contributed by atoms with van der Waals surface area (Å²) in [7, 11) is 0. The Hall–Kier alpha value is -1.58. The van der Waals surface area contributed by atoms with Gasteiger partial charge in [-0.15, -0.1) is 0 Å². The fraction of sp³-hybridized carbons (Fsp3) is 0.700. The lowest BCUT2D eigenvalue weighted by molar-refractivity contribution is -0.127. The summed E-state index contributed by atoms with van der Waals surface area (Å²) in [4.78, 5) is 26.7. The lowest BCUT2D eigenvalue weighted by Gasteiger charge is -2.25. The fourth-order valence-corrected chi connectivity index (χ4v) is 3.13. The minimum Gasteiger partial charge on any atom is -0.512 e. The van der Waals surface area contributed by atoms with Crippen LogP contribution in [0.5, 0.6) is 0 Å². The molecule has 1 N–H and O–H groups in total. The number of nitrogens with zero attached hydrogens (tertiary/aromatic N) is 1. The van der Waals surface area contributed by atoms with Gasteiger partial charge in [0.15, 0.2) is 5.78 Å². The SMILES string of the molecule is CC(C)=CCCC(C)CCN1C(=O)C(=C(C)O)C(=O)[C@@H]1CC(C)C. The van der Waals surface area contributed by atoms with E-state index >= 15 is 0 Å². The zero-order valence-corrected chi connectivity index (χ0v) is 16.1. The molecule has 136 valence electrons. The predicted octanol–water partition coefficient (Wildman–Crippen LogP) is 4.42. The molecule has 4 heteroatoms. The molecule has 1 saturated heterocycles. The van der Waals surface area contributed by atoms with Gasteiger partial charge in [-0.2, -0.15) is 0 Å². The Kier molecular flexibility index (Phi) is 7.71. The van der Waals surface area contributed by atoms with Crippen LogP contribution >= 0.6 is 0 Å². The van der Waals surface area contributed by atoms with Crippen molar-refractivity contribution >= 4 is 11.7 Å². The van der Waals surface area contributed by atoms with Crippen molar-refractivity contribution in [2.45, 2.75) is 73.3 Å². The van der Waals surface area contributed by atoms with Crippen LogP contribution in [0.1, 0.15) is 67.2 Å². The monoisotopic (exact) mass is 335 g/mol. The average Bonchev–Trinajstić information content (AvgIpc) is 2.67. The Morgan fingerprint density at radius 3 is 2.29 bits per heavy atom. The van der Waals surface area contributed by atoms with Crippen LogP contribution in [0.4, 0.5) is 0 Å². The van der Waals surface area contributed by atoms with Crippen LogP contribution in [0.15, 0.2) is 23.0 Å². The molecular weight excluding hydrogens is 302 g/mol.